The molecule has 0 atom stereocenters. The lowest BCUT2D eigenvalue weighted by atomic mass is 10.00. The number of aromatic nitrogens is 3. The molecule has 10 heteroatoms. The first-order valence-corrected chi connectivity index (χ1v) is 9.34. The van der Waals surface area contributed by atoms with Gasteiger partial charge in [0, 0.05) is 38.5 Å². The van der Waals surface area contributed by atoms with Crippen molar-refractivity contribution in [3.8, 4) is 0 Å². The van der Waals surface area contributed by atoms with Crippen molar-refractivity contribution < 1.29 is 27.8 Å². The maximum atomic E-state index is 10.6. The molecule has 27 heavy (non-hydrogen) atoms. The van der Waals surface area contributed by atoms with Crippen LogP contribution in [0.1, 0.15) is 50.8 Å². The number of ether oxygens (including phenoxy) is 1. The first-order valence-electron chi connectivity index (χ1n) is 9.34. The van der Waals surface area contributed by atoms with Gasteiger partial charge in [-0.1, -0.05) is 18.6 Å². The largest absolute Gasteiger partial charge is 0.490 e. The second-order valence-electron chi connectivity index (χ2n) is 6.85. The molecule has 2 aliphatic heterocycles. The molecule has 2 aliphatic rings. The third kappa shape index (κ3) is 6.76. The van der Waals surface area contributed by atoms with Gasteiger partial charge in [0.25, 0.3) is 0 Å². The lowest BCUT2D eigenvalue weighted by Gasteiger charge is -2.39. The Labute approximate surface area is 156 Å². The number of piperidine rings is 1. The Hall–Kier alpha value is -1.68. The van der Waals surface area contributed by atoms with E-state index < -0.39 is 12.1 Å². The van der Waals surface area contributed by atoms with Crippen LogP contribution in [0, 0.1) is 0 Å². The summed E-state index contributed by atoms with van der Waals surface area (Å²) in [5.74, 6) is -2.76. The summed E-state index contributed by atoms with van der Waals surface area (Å²) in [4.78, 5) is 11.6. The molecule has 2 saturated heterocycles. The van der Waals surface area contributed by atoms with Crippen molar-refractivity contribution >= 4 is 5.97 Å². The molecule has 1 N–H and O–H groups in total. The Morgan fingerprint density at radius 3 is 2.33 bits per heavy atom. The molecule has 0 unspecified atom stereocenters. The summed E-state index contributed by atoms with van der Waals surface area (Å²) in [6, 6.07) is 1.29. The fourth-order valence-electron chi connectivity index (χ4n) is 3.43. The van der Waals surface area contributed by atoms with E-state index in [0.29, 0.717) is 6.04 Å². The number of alkyl halides is 3. The molecule has 0 amide bonds. The number of carboxylic acids is 1. The van der Waals surface area contributed by atoms with Crippen molar-refractivity contribution in [1.29, 1.82) is 0 Å². The summed E-state index contributed by atoms with van der Waals surface area (Å²) in [6.45, 7) is 6.45. The molecule has 0 aliphatic carbocycles. The number of carboxylic acid groups (broad SMARTS) is 1. The smallest absolute Gasteiger partial charge is 0.475 e. The van der Waals surface area contributed by atoms with Crippen LogP contribution in [-0.4, -0.2) is 69.5 Å². The predicted octanol–water partition coefficient (Wildman–Crippen LogP) is 2.68. The van der Waals surface area contributed by atoms with Crippen LogP contribution in [-0.2, 0) is 16.0 Å². The molecule has 3 rings (SSSR count). The van der Waals surface area contributed by atoms with E-state index in [1.165, 1.54) is 38.8 Å². The quantitative estimate of drug-likeness (QED) is 0.849. The van der Waals surface area contributed by atoms with Crippen LogP contribution < -0.4 is 0 Å². The monoisotopic (exact) mass is 392 g/mol. The minimum Gasteiger partial charge on any atom is -0.475 e. The van der Waals surface area contributed by atoms with Gasteiger partial charge in [-0.05, 0) is 32.1 Å². The average Bonchev–Trinajstić information content (AvgIpc) is 3.11. The van der Waals surface area contributed by atoms with E-state index in [0.717, 1.165) is 37.8 Å². The van der Waals surface area contributed by atoms with Gasteiger partial charge in [0.1, 0.15) is 0 Å². The van der Waals surface area contributed by atoms with Crippen LogP contribution in [0.25, 0.3) is 0 Å². The van der Waals surface area contributed by atoms with Crippen LogP contribution in [0.5, 0.6) is 0 Å². The van der Waals surface area contributed by atoms with Gasteiger partial charge in [0.2, 0.25) is 0 Å². The van der Waals surface area contributed by atoms with Gasteiger partial charge >= 0.3 is 12.1 Å². The minimum atomic E-state index is -5.08. The van der Waals surface area contributed by atoms with Crippen LogP contribution >= 0.6 is 0 Å². The van der Waals surface area contributed by atoms with Crippen molar-refractivity contribution in [3.63, 3.8) is 0 Å². The van der Waals surface area contributed by atoms with E-state index in [1.54, 1.807) is 0 Å². The lowest BCUT2D eigenvalue weighted by molar-refractivity contribution is -0.192. The molecule has 7 nitrogen and oxygen atoms in total. The number of halogens is 3. The van der Waals surface area contributed by atoms with E-state index >= 15 is 0 Å². The zero-order valence-electron chi connectivity index (χ0n) is 15.5. The Balaban J connectivity index is 0.000000321. The second-order valence-corrected chi connectivity index (χ2v) is 6.85. The van der Waals surface area contributed by atoms with Gasteiger partial charge in [-0.15, -0.1) is 5.10 Å². The van der Waals surface area contributed by atoms with Gasteiger partial charge in [0.05, 0.1) is 11.7 Å². The number of aliphatic carboxylic acids is 1. The Kier molecular flexibility index (Phi) is 8.03. The third-order valence-corrected chi connectivity index (χ3v) is 4.89. The molecule has 0 radical (unpaired) electrons. The molecule has 0 saturated carbocycles. The Morgan fingerprint density at radius 2 is 1.81 bits per heavy atom. The highest BCUT2D eigenvalue weighted by atomic mass is 19.4. The zero-order valence-corrected chi connectivity index (χ0v) is 15.5. The highest BCUT2D eigenvalue weighted by Gasteiger charge is 2.38. The molecule has 1 aromatic heterocycles. The van der Waals surface area contributed by atoms with E-state index in [1.807, 2.05) is 0 Å². The third-order valence-electron chi connectivity index (χ3n) is 4.89. The minimum absolute atomic E-state index is 0.546. The fraction of sp³-hybridized carbons (Fsp3) is 0.824. The van der Waals surface area contributed by atoms with Gasteiger partial charge in [-0.25, -0.2) is 9.48 Å². The summed E-state index contributed by atoms with van der Waals surface area (Å²) in [6.07, 6.45) is 4.06. The normalized spacial score (nSPS) is 20.1. The molecular weight excluding hydrogens is 365 g/mol. The Bertz CT molecular complexity index is 580. The molecule has 0 aromatic carbocycles. The second kappa shape index (κ2) is 10.0. The zero-order chi connectivity index (χ0) is 19.9. The van der Waals surface area contributed by atoms with Crippen LogP contribution in [0.4, 0.5) is 13.2 Å². The van der Waals surface area contributed by atoms with Gasteiger partial charge in [-0.2, -0.15) is 13.2 Å². The Morgan fingerprint density at radius 1 is 1.22 bits per heavy atom. The van der Waals surface area contributed by atoms with Crippen molar-refractivity contribution in [3.05, 3.63) is 11.9 Å². The number of rotatable bonds is 4. The van der Waals surface area contributed by atoms with E-state index in [4.69, 9.17) is 14.6 Å². The summed E-state index contributed by atoms with van der Waals surface area (Å²) in [5.41, 5.74) is 1.14. The van der Waals surface area contributed by atoms with Crippen molar-refractivity contribution in [2.24, 2.45) is 0 Å². The van der Waals surface area contributed by atoms with Crippen molar-refractivity contribution in [1.82, 2.24) is 19.9 Å². The fourth-order valence-corrected chi connectivity index (χ4v) is 3.43. The first-order chi connectivity index (χ1) is 12.8. The average molecular weight is 392 g/mol. The summed E-state index contributed by atoms with van der Waals surface area (Å²) >= 11 is 0. The molecule has 2 fully saturated rings. The SMILES string of the molecule is CCCc1cn(C2CCN(C3CCOCC3)CC2)nn1.O=C(O)C(F)(F)F. The highest BCUT2D eigenvalue weighted by Crippen LogP contribution is 2.26. The summed E-state index contributed by atoms with van der Waals surface area (Å²) < 4.78 is 39.3. The first kappa shape index (κ1) is 21.6. The number of likely N-dealkylation sites (tertiary alicyclic amines) is 1. The van der Waals surface area contributed by atoms with Gasteiger partial charge < -0.3 is 14.7 Å². The molecular formula is C17H27F3N4O3. The summed E-state index contributed by atoms with van der Waals surface area (Å²) in [5, 5.41) is 15.7. The van der Waals surface area contributed by atoms with Crippen LogP contribution in [0.15, 0.2) is 6.20 Å². The molecule has 154 valence electrons. The van der Waals surface area contributed by atoms with E-state index in [9.17, 15) is 13.2 Å². The number of hydrogen-bond acceptors (Lipinski definition) is 5. The number of hydrogen-bond donors (Lipinski definition) is 1. The molecule has 3 heterocycles. The molecule has 0 bridgehead atoms. The topological polar surface area (TPSA) is 80.5 Å². The van der Waals surface area contributed by atoms with Crippen LogP contribution in [0.3, 0.4) is 0 Å². The summed E-state index contributed by atoms with van der Waals surface area (Å²) in [7, 11) is 0. The number of aryl methyl sites for hydroxylation is 1. The maximum Gasteiger partial charge on any atom is 0.490 e. The van der Waals surface area contributed by atoms with Crippen molar-refractivity contribution in [2.75, 3.05) is 26.3 Å². The maximum absolute atomic E-state index is 10.6. The number of nitrogens with zero attached hydrogens (tertiary/aromatic N) is 4. The molecule has 1 aromatic rings. The standard InChI is InChI=1S/C15H26N4O.C2HF3O2/c1-2-3-13-12-19(17-16-13)15-4-8-18(9-5-15)14-6-10-20-11-7-14;3-2(4,5)1(6)7/h12,14-15H,2-11H2,1H3;(H,6,7). The van der Waals surface area contributed by atoms with Crippen molar-refractivity contribution in [2.45, 2.75) is 63.7 Å². The lowest BCUT2D eigenvalue weighted by Crippen LogP contribution is -2.44. The predicted molar refractivity (Wildman–Crippen MR) is 91.4 cm³/mol. The molecule has 0 spiro atoms. The van der Waals surface area contributed by atoms with Gasteiger partial charge in [0.15, 0.2) is 0 Å². The van der Waals surface area contributed by atoms with E-state index in [-0.39, 0.29) is 0 Å². The highest BCUT2D eigenvalue weighted by molar-refractivity contribution is 5.73. The number of carbonyl (C=O) groups is 1. The van der Waals surface area contributed by atoms with Gasteiger partial charge in [-0.3, -0.25) is 0 Å². The van der Waals surface area contributed by atoms with Crippen LogP contribution in [0.2, 0.25) is 0 Å². The van der Waals surface area contributed by atoms with E-state index in [2.05, 4.69) is 33.0 Å².